The van der Waals surface area contributed by atoms with E-state index in [9.17, 15) is 5.21 Å². The molecule has 0 fully saturated rings. The van der Waals surface area contributed by atoms with Crippen LogP contribution in [0.3, 0.4) is 0 Å². The summed E-state index contributed by atoms with van der Waals surface area (Å²) in [6.45, 7) is 0. The molecule has 0 aliphatic rings. The van der Waals surface area contributed by atoms with Crippen LogP contribution in [-0.2, 0) is 0 Å². The van der Waals surface area contributed by atoms with Gasteiger partial charge in [-0.2, -0.15) is 4.73 Å². The van der Waals surface area contributed by atoms with E-state index in [4.69, 9.17) is 12.2 Å². The molecule has 0 unspecified atom stereocenters. The molecule has 1 rings (SSSR count). The predicted octanol–water partition coefficient (Wildman–Crippen LogP) is 1.36. The Bertz CT molecular complexity index is 258. The lowest BCUT2D eigenvalue weighted by Crippen LogP contribution is -2.23. The molecule has 58 valence electrons. The van der Waals surface area contributed by atoms with Crippen LogP contribution < -0.4 is 4.73 Å². The fourth-order valence-electron chi connectivity index (χ4n) is 0.667. The van der Waals surface area contributed by atoms with E-state index in [-0.39, 0.29) is 0 Å². The van der Waals surface area contributed by atoms with Crippen molar-refractivity contribution < 1.29 is 4.73 Å². The lowest BCUT2D eigenvalue weighted by Gasteiger charge is -1.98. The molecule has 1 aromatic rings. The van der Waals surface area contributed by atoms with Crippen LogP contribution in [0.4, 0.5) is 0 Å². The summed E-state index contributed by atoms with van der Waals surface area (Å²) >= 11 is 6.52. The first-order valence-electron chi connectivity index (χ1n) is 3.01. The summed E-state index contributed by atoms with van der Waals surface area (Å²) in [4.78, 5) is 0. The molecule has 4 heteroatoms. The summed E-state index contributed by atoms with van der Waals surface area (Å²) in [6.07, 6.45) is 4.80. The topological polar surface area (TPSA) is 26.9 Å². The van der Waals surface area contributed by atoms with E-state index in [0.717, 1.165) is 14.5 Å². The van der Waals surface area contributed by atoms with Gasteiger partial charge in [-0.05, 0) is 6.26 Å². The van der Waals surface area contributed by atoms with Gasteiger partial charge in [0.1, 0.15) is 0 Å². The Morgan fingerprint density at radius 1 is 1.55 bits per heavy atom. The zero-order valence-corrected chi connectivity index (χ0v) is 7.61. The first-order chi connectivity index (χ1) is 5.24. The Kier molecular flexibility index (Phi) is 2.84. The second kappa shape index (κ2) is 3.69. The minimum atomic E-state index is 0.742. The number of hydrogen-bond acceptors (Lipinski definition) is 3. The Hall–Kier alpha value is -0.610. The van der Waals surface area contributed by atoms with Crippen molar-refractivity contribution in [1.29, 1.82) is 0 Å². The third-order valence-electron chi connectivity index (χ3n) is 1.22. The third-order valence-corrected chi connectivity index (χ3v) is 2.57. The van der Waals surface area contributed by atoms with Gasteiger partial charge < -0.3 is 5.21 Å². The van der Waals surface area contributed by atoms with E-state index in [0.29, 0.717) is 0 Å². The van der Waals surface area contributed by atoms with E-state index in [2.05, 4.69) is 0 Å². The fraction of sp³-hybridized carbons (Fsp3) is 0.143. The van der Waals surface area contributed by atoms with Crippen LogP contribution in [0, 0.1) is 5.21 Å². The first-order valence-corrected chi connectivity index (χ1v) is 4.64. The lowest BCUT2D eigenvalue weighted by atomic mass is 10.3. The van der Waals surface area contributed by atoms with Crippen LogP contribution in [0.5, 0.6) is 0 Å². The number of hydrogen-bond donors (Lipinski definition) is 0. The second-order valence-corrected chi connectivity index (χ2v) is 3.42. The number of rotatable bonds is 1. The largest absolute Gasteiger partial charge is 0.619 e. The minimum Gasteiger partial charge on any atom is -0.619 e. The summed E-state index contributed by atoms with van der Waals surface area (Å²) in [5, 5.41) is 10.6. The zero-order chi connectivity index (χ0) is 8.27. The van der Waals surface area contributed by atoms with Crippen molar-refractivity contribution in [1.82, 2.24) is 0 Å². The number of aromatic nitrogens is 1. The van der Waals surface area contributed by atoms with E-state index < -0.39 is 0 Å². The van der Waals surface area contributed by atoms with Crippen molar-refractivity contribution >= 4 is 28.2 Å². The first kappa shape index (κ1) is 8.49. The number of thioether (sulfide) groups is 1. The Morgan fingerprint density at radius 3 is 2.55 bits per heavy atom. The van der Waals surface area contributed by atoms with Gasteiger partial charge in [0.2, 0.25) is 0 Å². The molecule has 0 N–H and O–H groups in total. The van der Waals surface area contributed by atoms with Crippen molar-refractivity contribution in [2.24, 2.45) is 0 Å². The van der Waals surface area contributed by atoms with Crippen LogP contribution >= 0.6 is 24.0 Å². The van der Waals surface area contributed by atoms with Crippen molar-refractivity contribution in [3.05, 3.63) is 35.3 Å². The monoisotopic (exact) mass is 185 g/mol. The van der Waals surface area contributed by atoms with Crippen molar-refractivity contribution in [3.63, 3.8) is 0 Å². The molecule has 0 spiro atoms. The average molecular weight is 185 g/mol. The SMILES string of the molecule is CSC(=S)c1cc[n+]([O-])cc1. The smallest absolute Gasteiger partial charge is 0.181 e. The molecular weight excluding hydrogens is 178 g/mol. The molecule has 1 aromatic heterocycles. The second-order valence-electron chi connectivity index (χ2n) is 1.94. The number of pyridine rings is 1. The van der Waals surface area contributed by atoms with Crippen molar-refractivity contribution in [2.45, 2.75) is 0 Å². The molecule has 0 aliphatic heterocycles. The molecule has 0 saturated heterocycles. The molecule has 11 heavy (non-hydrogen) atoms. The quantitative estimate of drug-likeness (QED) is 0.375. The predicted molar refractivity (Wildman–Crippen MR) is 50.6 cm³/mol. The fourth-order valence-corrected chi connectivity index (χ4v) is 1.17. The van der Waals surface area contributed by atoms with Gasteiger partial charge in [0.15, 0.2) is 12.4 Å². The number of thiocarbonyl (C=S) groups is 1. The molecule has 1 heterocycles. The van der Waals surface area contributed by atoms with E-state index in [1.807, 2.05) is 6.26 Å². The van der Waals surface area contributed by atoms with Crippen LogP contribution in [0.15, 0.2) is 24.5 Å². The van der Waals surface area contributed by atoms with Crippen LogP contribution in [0.1, 0.15) is 5.56 Å². The lowest BCUT2D eigenvalue weighted by molar-refractivity contribution is -0.605. The summed E-state index contributed by atoms with van der Waals surface area (Å²) in [5.74, 6) is 0. The number of nitrogens with zero attached hydrogens (tertiary/aromatic N) is 1. The van der Waals surface area contributed by atoms with Gasteiger partial charge in [-0.25, -0.2) is 0 Å². The van der Waals surface area contributed by atoms with Gasteiger partial charge >= 0.3 is 0 Å². The van der Waals surface area contributed by atoms with Crippen LogP contribution in [0.25, 0.3) is 0 Å². The Morgan fingerprint density at radius 2 is 2.09 bits per heavy atom. The highest BCUT2D eigenvalue weighted by Crippen LogP contribution is 2.08. The van der Waals surface area contributed by atoms with E-state index in [1.54, 1.807) is 12.1 Å². The summed E-state index contributed by atoms with van der Waals surface area (Å²) in [5.41, 5.74) is 0.930. The molecule has 0 atom stereocenters. The van der Waals surface area contributed by atoms with Gasteiger partial charge in [-0.15, -0.1) is 11.8 Å². The highest BCUT2D eigenvalue weighted by Gasteiger charge is 1.99. The standard InChI is InChI=1S/C7H7NOS2/c1-11-7(10)6-2-4-8(9)5-3-6/h2-5H,1H3. The Balaban J connectivity index is 2.90. The summed E-state index contributed by atoms with van der Waals surface area (Å²) in [7, 11) is 0. The summed E-state index contributed by atoms with van der Waals surface area (Å²) < 4.78 is 1.55. The van der Waals surface area contributed by atoms with E-state index in [1.165, 1.54) is 24.2 Å². The van der Waals surface area contributed by atoms with Gasteiger partial charge in [0.05, 0.1) is 4.20 Å². The molecular formula is C7H7NOS2. The average Bonchev–Trinajstić information content (AvgIpc) is 2.05. The maximum Gasteiger partial charge on any atom is 0.181 e. The highest BCUT2D eigenvalue weighted by molar-refractivity contribution is 8.23. The molecule has 0 aliphatic carbocycles. The van der Waals surface area contributed by atoms with E-state index >= 15 is 0 Å². The van der Waals surface area contributed by atoms with Gasteiger partial charge in [0.25, 0.3) is 0 Å². The molecule has 0 radical (unpaired) electrons. The maximum atomic E-state index is 10.6. The van der Waals surface area contributed by atoms with Crippen molar-refractivity contribution in [2.75, 3.05) is 6.26 Å². The molecule has 0 saturated carbocycles. The molecule has 0 bridgehead atoms. The van der Waals surface area contributed by atoms with Gasteiger partial charge in [-0.1, -0.05) is 12.2 Å². The van der Waals surface area contributed by atoms with Crippen molar-refractivity contribution in [3.8, 4) is 0 Å². The zero-order valence-electron chi connectivity index (χ0n) is 5.98. The van der Waals surface area contributed by atoms with Gasteiger partial charge in [0, 0.05) is 17.7 Å². The molecule has 2 nitrogen and oxygen atoms in total. The Labute approximate surface area is 74.8 Å². The summed E-state index contributed by atoms with van der Waals surface area (Å²) in [6, 6.07) is 3.43. The van der Waals surface area contributed by atoms with Gasteiger partial charge in [-0.3, -0.25) is 0 Å². The molecule has 0 aromatic carbocycles. The minimum absolute atomic E-state index is 0.742. The van der Waals surface area contributed by atoms with Crippen LogP contribution in [-0.4, -0.2) is 10.5 Å². The molecule has 0 amide bonds. The van der Waals surface area contributed by atoms with Crippen LogP contribution in [0.2, 0.25) is 0 Å². The third kappa shape index (κ3) is 2.17. The maximum absolute atomic E-state index is 10.6. The highest BCUT2D eigenvalue weighted by atomic mass is 32.2. The normalized spacial score (nSPS) is 9.55.